The molecule has 1 amide bonds. The van der Waals surface area contributed by atoms with Crippen LogP contribution in [0.2, 0.25) is 5.02 Å². The molecule has 1 fully saturated rings. The highest BCUT2D eigenvalue weighted by atomic mass is 35.5. The lowest BCUT2D eigenvalue weighted by Crippen LogP contribution is -2.41. The number of nitrogens with one attached hydrogen (secondary N) is 1. The minimum absolute atomic E-state index is 0.0765. The second kappa shape index (κ2) is 7.23. The molecule has 162 valence electrons. The second-order valence-corrected chi connectivity index (χ2v) is 8.87. The van der Waals surface area contributed by atoms with Gasteiger partial charge in [0.15, 0.2) is 0 Å². The number of sulfonamides is 1. The molecule has 30 heavy (non-hydrogen) atoms. The summed E-state index contributed by atoms with van der Waals surface area (Å²) in [6.07, 6.45) is -4.32. The molecule has 1 heterocycles. The summed E-state index contributed by atoms with van der Waals surface area (Å²) >= 11 is 5.79. The molecule has 0 aliphatic heterocycles. The molecule has 1 aliphatic rings. The third-order valence-corrected chi connectivity index (χ3v) is 6.46. The molecule has 0 atom stereocenters. The molecular weight excluding hydrogens is 458 g/mol. The zero-order valence-electron chi connectivity index (χ0n) is 15.0. The molecule has 0 radical (unpaired) electrons. The van der Waals surface area contributed by atoms with Gasteiger partial charge in [-0.2, -0.15) is 13.2 Å². The van der Waals surface area contributed by atoms with Gasteiger partial charge in [-0.1, -0.05) is 11.6 Å². The number of benzene rings is 1. The Hall–Kier alpha value is -2.67. The van der Waals surface area contributed by atoms with Crippen molar-refractivity contribution in [1.29, 1.82) is 0 Å². The van der Waals surface area contributed by atoms with Crippen LogP contribution in [0, 0.1) is 5.82 Å². The number of hydrogen-bond donors (Lipinski definition) is 1. The van der Waals surface area contributed by atoms with Gasteiger partial charge in [-0.3, -0.25) is 14.2 Å². The summed E-state index contributed by atoms with van der Waals surface area (Å²) in [7, 11) is -3.27. The maximum Gasteiger partial charge on any atom is 0.431 e. The Labute approximate surface area is 170 Å². The van der Waals surface area contributed by atoms with Crippen LogP contribution in [-0.2, 0) is 23.2 Å². The summed E-state index contributed by atoms with van der Waals surface area (Å²) in [5.74, 6) is -2.54. The largest absolute Gasteiger partial charge is 0.431 e. The quantitative estimate of drug-likeness (QED) is 0.684. The van der Waals surface area contributed by atoms with Gasteiger partial charge in [0.2, 0.25) is 10.0 Å². The lowest BCUT2D eigenvalue weighted by Gasteiger charge is -2.15. The number of rotatable bonds is 4. The SMILES string of the molecule is Cn1c(C(F)(F)F)cc(=O)n(-c2cc(C(=O)NS(=O)(=O)C3CC3)c(Cl)cc2F)c1=O. The Morgan fingerprint density at radius 3 is 2.33 bits per heavy atom. The zero-order chi connectivity index (χ0) is 22.6. The van der Waals surface area contributed by atoms with Crippen LogP contribution in [0.25, 0.3) is 5.69 Å². The molecule has 3 rings (SSSR count). The number of carbonyl (C=O) groups excluding carboxylic acids is 1. The summed E-state index contributed by atoms with van der Waals surface area (Å²) in [6, 6.07) is 1.25. The maximum atomic E-state index is 14.4. The van der Waals surface area contributed by atoms with Gasteiger partial charge in [-0.05, 0) is 25.0 Å². The van der Waals surface area contributed by atoms with Gasteiger partial charge in [-0.15, -0.1) is 0 Å². The van der Waals surface area contributed by atoms with Crippen LogP contribution in [0.5, 0.6) is 0 Å². The monoisotopic (exact) mass is 469 g/mol. The highest BCUT2D eigenvalue weighted by molar-refractivity contribution is 7.91. The number of hydrogen-bond acceptors (Lipinski definition) is 5. The Morgan fingerprint density at radius 1 is 1.20 bits per heavy atom. The van der Waals surface area contributed by atoms with Crippen LogP contribution >= 0.6 is 11.6 Å². The number of nitrogens with zero attached hydrogens (tertiary/aromatic N) is 2. The van der Waals surface area contributed by atoms with Crippen LogP contribution in [-0.4, -0.2) is 28.7 Å². The van der Waals surface area contributed by atoms with Gasteiger partial charge in [-0.25, -0.2) is 26.9 Å². The first-order valence-electron chi connectivity index (χ1n) is 8.19. The molecule has 8 nitrogen and oxygen atoms in total. The first-order valence-corrected chi connectivity index (χ1v) is 10.1. The Kier molecular flexibility index (Phi) is 5.31. The molecule has 0 spiro atoms. The Bertz CT molecular complexity index is 1280. The van der Waals surface area contributed by atoms with Crippen LogP contribution in [0.1, 0.15) is 28.9 Å². The van der Waals surface area contributed by atoms with Gasteiger partial charge >= 0.3 is 11.9 Å². The van der Waals surface area contributed by atoms with E-state index >= 15 is 0 Å². The molecule has 14 heteroatoms. The molecule has 1 aromatic heterocycles. The third kappa shape index (κ3) is 3.99. The van der Waals surface area contributed by atoms with Crippen molar-refractivity contribution < 1.29 is 30.8 Å². The molecular formula is C16H12ClF4N3O5S. The van der Waals surface area contributed by atoms with E-state index in [0.29, 0.717) is 25.0 Å². The summed E-state index contributed by atoms with van der Waals surface area (Å²) in [5.41, 5.74) is -6.06. The average molecular weight is 470 g/mol. The highest BCUT2D eigenvalue weighted by Crippen LogP contribution is 2.29. The molecule has 1 aliphatic carbocycles. The van der Waals surface area contributed by atoms with Gasteiger partial charge < -0.3 is 0 Å². The number of halogens is 5. The van der Waals surface area contributed by atoms with Gasteiger partial charge in [0, 0.05) is 13.1 Å². The minimum atomic E-state index is -5.02. The summed E-state index contributed by atoms with van der Waals surface area (Å²) in [4.78, 5) is 36.8. The third-order valence-electron chi connectivity index (χ3n) is 4.33. The van der Waals surface area contributed by atoms with Crippen LogP contribution in [0.15, 0.2) is 27.8 Å². The summed E-state index contributed by atoms with van der Waals surface area (Å²) in [5, 5.41) is -1.29. The Morgan fingerprint density at radius 2 is 1.80 bits per heavy atom. The van der Waals surface area contributed by atoms with Gasteiger partial charge in [0.05, 0.1) is 21.5 Å². The average Bonchev–Trinajstić information content (AvgIpc) is 3.44. The number of amides is 1. The van der Waals surface area contributed by atoms with Crippen molar-refractivity contribution in [3.8, 4) is 5.69 Å². The summed E-state index contributed by atoms with van der Waals surface area (Å²) < 4.78 is 79.1. The van der Waals surface area contributed by atoms with Crippen LogP contribution < -0.4 is 16.0 Å². The van der Waals surface area contributed by atoms with Crippen molar-refractivity contribution in [2.24, 2.45) is 7.05 Å². The van der Waals surface area contributed by atoms with E-state index in [1.165, 1.54) is 0 Å². The second-order valence-electron chi connectivity index (χ2n) is 6.50. The predicted molar refractivity (Wildman–Crippen MR) is 96.7 cm³/mol. The van der Waals surface area contributed by atoms with Crippen molar-refractivity contribution in [2.75, 3.05) is 0 Å². The van der Waals surface area contributed by atoms with E-state index in [4.69, 9.17) is 11.6 Å². The van der Waals surface area contributed by atoms with E-state index in [0.717, 1.165) is 7.05 Å². The van der Waals surface area contributed by atoms with E-state index in [9.17, 15) is 40.4 Å². The van der Waals surface area contributed by atoms with E-state index in [-0.39, 0.29) is 15.2 Å². The van der Waals surface area contributed by atoms with Crippen LogP contribution in [0.4, 0.5) is 17.6 Å². The lowest BCUT2D eigenvalue weighted by molar-refractivity contribution is -0.144. The van der Waals surface area contributed by atoms with Crippen molar-refractivity contribution in [3.05, 3.63) is 61.1 Å². The van der Waals surface area contributed by atoms with E-state index < -0.39 is 66.4 Å². The van der Waals surface area contributed by atoms with E-state index in [2.05, 4.69) is 0 Å². The van der Waals surface area contributed by atoms with Crippen molar-refractivity contribution >= 4 is 27.5 Å². The fraction of sp³-hybridized carbons (Fsp3) is 0.312. The molecule has 1 N–H and O–H groups in total. The molecule has 1 aromatic carbocycles. The molecule has 0 bridgehead atoms. The normalized spacial score (nSPS) is 14.6. The van der Waals surface area contributed by atoms with Gasteiger partial charge in [0.25, 0.3) is 11.5 Å². The molecule has 2 aromatic rings. The smallest absolute Gasteiger partial charge is 0.292 e. The lowest BCUT2D eigenvalue weighted by atomic mass is 10.1. The fourth-order valence-corrected chi connectivity index (χ4v) is 4.18. The number of alkyl halides is 3. The van der Waals surface area contributed by atoms with Crippen molar-refractivity contribution in [3.63, 3.8) is 0 Å². The predicted octanol–water partition coefficient (Wildman–Crippen LogP) is 1.57. The number of carbonyl (C=O) groups is 1. The maximum absolute atomic E-state index is 14.4. The van der Waals surface area contributed by atoms with Crippen LogP contribution in [0.3, 0.4) is 0 Å². The Balaban J connectivity index is 2.16. The van der Waals surface area contributed by atoms with Gasteiger partial charge in [0.1, 0.15) is 11.5 Å². The van der Waals surface area contributed by atoms with Crippen molar-refractivity contribution in [1.82, 2.24) is 13.9 Å². The first-order chi connectivity index (χ1) is 13.7. The molecule has 0 unspecified atom stereocenters. The minimum Gasteiger partial charge on any atom is -0.292 e. The highest BCUT2D eigenvalue weighted by Gasteiger charge is 2.38. The van der Waals surface area contributed by atoms with Crippen molar-refractivity contribution in [2.45, 2.75) is 24.3 Å². The van der Waals surface area contributed by atoms with E-state index in [1.54, 1.807) is 4.72 Å². The fourth-order valence-electron chi connectivity index (χ4n) is 2.65. The standard InChI is InChI=1S/C16H12ClF4N3O5S/c1-23-12(16(19,20)21)6-13(25)24(15(23)27)11-4-8(9(17)5-10(11)18)14(26)22-30(28,29)7-2-3-7/h4-7H,2-3H2,1H3,(H,22,26). The summed E-state index contributed by atoms with van der Waals surface area (Å²) in [6.45, 7) is 0. The zero-order valence-corrected chi connectivity index (χ0v) is 16.5. The number of aromatic nitrogens is 2. The molecule has 1 saturated carbocycles. The molecule has 0 saturated heterocycles. The van der Waals surface area contributed by atoms with E-state index in [1.807, 2.05) is 0 Å². The topological polar surface area (TPSA) is 107 Å². The first kappa shape index (κ1) is 22.0.